The largest absolute Gasteiger partial charge is 0.361 e. The standard InChI is InChI=1S/C27H22N4/c1-2-31-25-14-8-7-13-24(25)30-27(31)26-19-10-4-6-12-22(19)28-17-20(26)23-16-15-18-9-3-5-11-21(18)29-23/h3-17,26,28H,2H2,1H3. The number of aromatic nitrogens is 3. The second kappa shape index (κ2) is 7.10. The van der Waals surface area contributed by atoms with E-state index in [1.807, 2.05) is 12.1 Å². The molecule has 3 aromatic carbocycles. The van der Waals surface area contributed by atoms with Crippen LogP contribution in [0, 0.1) is 0 Å². The zero-order valence-corrected chi connectivity index (χ0v) is 17.3. The number of nitrogens with one attached hydrogen (secondary N) is 1. The van der Waals surface area contributed by atoms with Gasteiger partial charge in [0.2, 0.25) is 0 Å². The van der Waals surface area contributed by atoms with Gasteiger partial charge in [0, 0.05) is 29.4 Å². The molecule has 1 atom stereocenters. The van der Waals surface area contributed by atoms with Crippen molar-refractivity contribution in [1.82, 2.24) is 14.5 Å². The summed E-state index contributed by atoms with van der Waals surface area (Å²) < 4.78 is 2.33. The van der Waals surface area contributed by atoms with Gasteiger partial charge in [0.25, 0.3) is 0 Å². The average molecular weight is 403 g/mol. The zero-order valence-electron chi connectivity index (χ0n) is 17.3. The van der Waals surface area contributed by atoms with Crippen molar-refractivity contribution in [2.45, 2.75) is 19.4 Å². The molecule has 0 spiro atoms. The molecule has 150 valence electrons. The predicted molar refractivity (Wildman–Crippen MR) is 127 cm³/mol. The molecule has 0 amide bonds. The summed E-state index contributed by atoms with van der Waals surface area (Å²) in [6.45, 7) is 3.04. The maximum Gasteiger partial charge on any atom is 0.122 e. The van der Waals surface area contributed by atoms with Gasteiger partial charge in [-0.3, -0.25) is 0 Å². The van der Waals surface area contributed by atoms with Gasteiger partial charge in [-0.25, -0.2) is 9.97 Å². The summed E-state index contributed by atoms with van der Waals surface area (Å²) in [5.74, 6) is 1.05. The fourth-order valence-corrected chi connectivity index (χ4v) is 4.66. The molecule has 0 bridgehead atoms. The fraction of sp³-hybridized carbons (Fsp3) is 0.111. The number of allylic oxidation sites excluding steroid dienone is 1. The first-order valence-corrected chi connectivity index (χ1v) is 10.7. The van der Waals surface area contributed by atoms with Crippen LogP contribution in [0.5, 0.6) is 0 Å². The molecule has 0 fully saturated rings. The summed E-state index contributed by atoms with van der Waals surface area (Å²) in [5.41, 5.74) is 7.65. The minimum Gasteiger partial charge on any atom is -0.361 e. The quantitative estimate of drug-likeness (QED) is 0.390. The molecule has 6 rings (SSSR count). The van der Waals surface area contributed by atoms with E-state index in [2.05, 4.69) is 95.8 Å². The van der Waals surface area contributed by atoms with Gasteiger partial charge in [-0.15, -0.1) is 0 Å². The van der Waals surface area contributed by atoms with E-state index >= 15 is 0 Å². The Kier molecular flexibility index (Phi) is 4.10. The highest BCUT2D eigenvalue weighted by Crippen LogP contribution is 2.43. The fourth-order valence-electron chi connectivity index (χ4n) is 4.66. The smallest absolute Gasteiger partial charge is 0.122 e. The molecule has 0 saturated heterocycles. The monoisotopic (exact) mass is 402 g/mol. The minimum atomic E-state index is -0.00142. The van der Waals surface area contributed by atoms with Crippen LogP contribution in [0.4, 0.5) is 5.69 Å². The molecule has 0 radical (unpaired) electrons. The maximum absolute atomic E-state index is 5.11. The summed E-state index contributed by atoms with van der Waals surface area (Å²) in [5, 5.41) is 4.64. The van der Waals surface area contributed by atoms with Crippen molar-refractivity contribution < 1.29 is 0 Å². The van der Waals surface area contributed by atoms with Gasteiger partial charge in [-0.1, -0.05) is 54.6 Å². The molecule has 1 aliphatic rings. The van der Waals surface area contributed by atoms with Gasteiger partial charge in [0.05, 0.1) is 28.2 Å². The van der Waals surface area contributed by atoms with Crippen LogP contribution in [0.3, 0.4) is 0 Å². The Hall–Kier alpha value is -3.92. The summed E-state index contributed by atoms with van der Waals surface area (Å²) in [6.07, 6.45) is 2.10. The van der Waals surface area contributed by atoms with E-state index < -0.39 is 0 Å². The molecule has 3 heterocycles. The lowest BCUT2D eigenvalue weighted by molar-refractivity contribution is 0.711. The average Bonchev–Trinajstić information content (AvgIpc) is 3.21. The lowest BCUT2D eigenvalue weighted by Crippen LogP contribution is -2.18. The van der Waals surface area contributed by atoms with Crippen LogP contribution < -0.4 is 5.32 Å². The molecular formula is C27H22N4. The van der Waals surface area contributed by atoms with Crippen LogP contribution in [0.25, 0.3) is 27.5 Å². The molecule has 1 N–H and O–H groups in total. The van der Waals surface area contributed by atoms with E-state index in [-0.39, 0.29) is 5.92 Å². The highest BCUT2D eigenvalue weighted by Gasteiger charge is 2.31. The first-order valence-electron chi connectivity index (χ1n) is 10.7. The number of benzene rings is 3. The Balaban J connectivity index is 1.60. The highest BCUT2D eigenvalue weighted by atomic mass is 15.1. The molecule has 4 nitrogen and oxygen atoms in total. The maximum atomic E-state index is 5.11. The lowest BCUT2D eigenvalue weighted by Gasteiger charge is -2.28. The van der Waals surface area contributed by atoms with Gasteiger partial charge in [-0.05, 0) is 42.8 Å². The van der Waals surface area contributed by atoms with E-state index in [4.69, 9.17) is 9.97 Å². The van der Waals surface area contributed by atoms with Crippen molar-refractivity contribution in [2.75, 3.05) is 5.32 Å². The van der Waals surface area contributed by atoms with Gasteiger partial charge in [-0.2, -0.15) is 0 Å². The highest BCUT2D eigenvalue weighted by molar-refractivity contribution is 5.86. The van der Waals surface area contributed by atoms with Crippen molar-refractivity contribution in [3.8, 4) is 0 Å². The second-order valence-corrected chi connectivity index (χ2v) is 7.86. The Morgan fingerprint density at radius 3 is 2.48 bits per heavy atom. The van der Waals surface area contributed by atoms with Crippen molar-refractivity contribution in [3.05, 3.63) is 108 Å². The summed E-state index contributed by atoms with van der Waals surface area (Å²) in [4.78, 5) is 10.1. The van der Waals surface area contributed by atoms with Crippen LogP contribution in [-0.2, 0) is 6.54 Å². The topological polar surface area (TPSA) is 42.7 Å². The third-order valence-corrected chi connectivity index (χ3v) is 6.12. The van der Waals surface area contributed by atoms with Crippen molar-refractivity contribution in [2.24, 2.45) is 0 Å². The SMILES string of the molecule is CCn1c(C2C(c3ccc4ccccc4n3)=CNc3ccccc32)nc2ccccc21. The number of para-hydroxylation sites is 4. The van der Waals surface area contributed by atoms with Gasteiger partial charge >= 0.3 is 0 Å². The normalized spacial score (nSPS) is 15.5. The van der Waals surface area contributed by atoms with Gasteiger partial charge < -0.3 is 9.88 Å². The van der Waals surface area contributed by atoms with Crippen LogP contribution in [0.15, 0.2) is 91.1 Å². The number of fused-ring (bicyclic) bond motifs is 3. The molecule has 1 unspecified atom stereocenters. The molecule has 0 aliphatic carbocycles. The second-order valence-electron chi connectivity index (χ2n) is 7.86. The number of nitrogens with zero attached hydrogens (tertiary/aromatic N) is 3. The molecule has 31 heavy (non-hydrogen) atoms. The Morgan fingerprint density at radius 1 is 0.806 bits per heavy atom. The van der Waals surface area contributed by atoms with E-state index in [0.29, 0.717) is 0 Å². The number of aryl methyl sites for hydroxylation is 1. The van der Waals surface area contributed by atoms with E-state index in [0.717, 1.165) is 45.7 Å². The minimum absolute atomic E-state index is 0.00142. The van der Waals surface area contributed by atoms with Crippen LogP contribution in [0.2, 0.25) is 0 Å². The Bertz CT molecular complexity index is 1460. The number of pyridine rings is 1. The van der Waals surface area contributed by atoms with Crippen LogP contribution in [-0.4, -0.2) is 14.5 Å². The number of hydrogen-bond acceptors (Lipinski definition) is 3. The summed E-state index contributed by atoms with van der Waals surface area (Å²) in [6, 6.07) is 29.4. The van der Waals surface area contributed by atoms with Crippen LogP contribution >= 0.6 is 0 Å². The Morgan fingerprint density at radius 2 is 1.58 bits per heavy atom. The van der Waals surface area contributed by atoms with E-state index in [1.165, 1.54) is 11.1 Å². The number of hydrogen-bond donors (Lipinski definition) is 1. The molecule has 0 saturated carbocycles. The third-order valence-electron chi connectivity index (χ3n) is 6.12. The zero-order chi connectivity index (χ0) is 20.8. The summed E-state index contributed by atoms with van der Waals surface area (Å²) >= 11 is 0. The first kappa shape index (κ1) is 17.9. The van der Waals surface area contributed by atoms with Crippen molar-refractivity contribution in [3.63, 3.8) is 0 Å². The van der Waals surface area contributed by atoms with Gasteiger partial charge in [0.1, 0.15) is 5.82 Å². The first-order chi connectivity index (χ1) is 15.3. The third kappa shape index (κ3) is 2.83. The molecular weight excluding hydrogens is 380 g/mol. The van der Waals surface area contributed by atoms with Crippen LogP contribution in [0.1, 0.15) is 29.9 Å². The van der Waals surface area contributed by atoms with Gasteiger partial charge in [0.15, 0.2) is 0 Å². The lowest BCUT2D eigenvalue weighted by atomic mass is 9.85. The predicted octanol–water partition coefficient (Wildman–Crippen LogP) is 6.20. The molecule has 5 aromatic rings. The van der Waals surface area contributed by atoms with Crippen molar-refractivity contribution in [1.29, 1.82) is 0 Å². The number of rotatable bonds is 3. The molecule has 2 aromatic heterocycles. The summed E-state index contributed by atoms with van der Waals surface area (Å²) in [7, 11) is 0. The van der Waals surface area contributed by atoms with E-state index in [9.17, 15) is 0 Å². The van der Waals surface area contributed by atoms with E-state index in [1.54, 1.807) is 0 Å². The molecule has 1 aliphatic heterocycles. The molecule has 4 heteroatoms. The van der Waals surface area contributed by atoms with Crippen molar-refractivity contribution >= 4 is 33.2 Å². The number of anilines is 1. The Labute approximate surface area is 180 Å². The number of imidazole rings is 1.